The van der Waals surface area contributed by atoms with E-state index in [9.17, 15) is 9.59 Å². The summed E-state index contributed by atoms with van der Waals surface area (Å²) in [4.78, 5) is 38.8. The predicted octanol–water partition coefficient (Wildman–Crippen LogP) is 5.17. The predicted molar refractivity (Wildman–Crippen MR) is 167 cm³/mol. The zero-order valence-corrected chi connectivity index (χ0v) is 25.3. The number of nitrogens with one attached hydrogen (secondary N) is 2. The lowest BCUT2D eigenvalue weighted by Crippen LogP contribution is -2.50. The van der Waals surface area contributed by atoms with Crippen LogP contribution in [0, 0.1) is 5.92 Å². The van der Waals surface area contributed by atoms with Crippen molar-refractivity contribution in [3.05, 3.63) is 29.8 Å². The number of anilines is 1. The Morgan fingerprint density at radius 3 is 2.39 bits per heavy atom. The van der Waals surface area contributed by atoms with Gasteiger partial charge in [-0.1, -0.05) is 50.8 Å². The lowest BCUT2D eigenvalue weighted by molar-refractivity contribution is -0.120. The molecule has 0 bridgehead atoms. The van der Waals surface area contributed by atoms with Crippen LogP contribution in [0.15, 0.2) is 29.3 Å². The van der Waals surface area contributed by atoms with Crippen LogP contribution in [0.4, 0.5) is 10.5 Å². The van der Waals surface area contributed by atoms with Gasteiger partial charge in [-0.2, -0.15) is 0 Å². The number of rotatable bonds is 10. The minimum absolute atomic E-state index is 0.145. The largest absolute Gasteiger partial charge is 0.338 e. The Morgan fingerprint density at radius 1 is 0.902 bits per heavy atom. The molecule has 1 aromatic carbocycles. The number of carbonyl (C=O) groups excluding carboxylic acids is 2. The van der Waals surface area contributed by atoms with Crippen LogP contribution < -0.4 is 15.5 Å². The van der Waals surface area contributed by atoms with Crippen LogP contribution in [0.2, 0.25) is 0 Å². The van der Waals surface area contributed by atoms with Gasteiger partial charge in [0.2, 0.25) is 6.17 Å². The molecule has 5 rings (SSSR count). The number of unbranched alkanes of at least 4 members (excludes halogenated alkanes) is 1. The van der Waals surface area contributed by atoms with Crippen LogP contribution >= 0.6 is 0 Å². The minimum Gasteiger partial charge on any atom is -0.338 e. The van der Waals surface area contributed by atoms with Gasteiger partial charge in [0.25, 0.3) is 5.91 Å². The van der Waals surface area contributed by atoms with Gasteiger partial charge in [0.05, 0.1) is 11.4 Å². The Hall–Kier alpha value is -2.45. The van der Waals surface area contributed by atoms with Gasteiger partial charge in [0.15, 0.2) is 0 Å². The number of carbonyl (C=O) groups is 2. The summed E-state index contributed by atoms with van der Waals surface area (Å²) < 4.78 is 0. The van der Waals surface area contributed by atoms with Crippen molar-refractivity contribution in [3.8, 4) is 0 Å². The van der Waals surface area contributed by atoms with Gasteiger partial charge in [0.1, 0.15) is 0 Å². The second-order valence-electron chi connectivity index (χ2n) is 12.5. The van der Waals surface area contributed by atoms with E-state index in [1.54, 1.807) is 0 Å². The van der Waals surface area contributed by atoms with E-state index in [0.717, 1.165) is 61.7 Å². The first-order chi connectivity index (χ1) is 20.1. The van der Waals surface area contributed by atoms with Gasteiger partial charge in [0, 0.05) is 30.6 Å². The molecule has 2 saturated heterocycles. The third kappa shape index (κ3) is 7.89. The minimum atomic E-state index is -0.896. The summed E-state index contributed by atoms with van der Waals surface area (Å²) in [5.41, 5.74) is 2.96. The summed E-state index contributed by atoms with van der Waals surface area (Å²) in [7, 11) is 0. The van der Waals surface area contributed by atoms with E-state index in [0.29, 0.717) is 19.0 Å². The molecule has 8 nitrogen and oxygen atoms in total. The summed E-state index contributed by atoms with van der Waals surface area (Å²) in [6.07, 6.45) is 14.5. The Balaban J connectivity index is 1.11. The van der Waals surface area contributed by atoms with E-state index in [-0.39, 0.29) is 11.9 Å². The van der Waals surface area contributed by atoms with Crippen LogP contribution in [-0.4, -0.2) is 85.5 Å². The van der Waals surface area contributed by atoms with Crippen molar-refractivity contribution in [2.45, 2.75) is 103 Å². The quantitative estimate of drug-likeness (QED) is 0.385. The van der Waals surface area contributed by atoms with Crippen molar-refractivity contribution in [2.75, 3.05) is 50.7 Å². The van der Waals surface area contributed by atoms with Gasteiger partial charge >= 0.3 is 6.03 Å². The van der Waals surface area contributed by atoms with Crippen molar-refractivity contribution in [3.63, 3.8) is 0 Å². The lowest BCUT2D eigenvalue weighted by atomic mass is 9.83. The fourth-order valence-corrected chi connectivity index (χ4v) is 7.33. The monoisotopic (exact) mass is 564 g/mol. The van der Waals surface area contributed by atoms with Crippen molar-refractivity contribution in [2.24, 2.45) is 10.9 Å². The smallest absolute Gasteiger partial charge is 0.316 e. The molecule has 41 heavy (non-hydrogen) atoms. The third-order valence-electron chi connectivity index (χ3n) is 9.60. The summed E-state index contributed by atoms with van der Waals surface area (Å²) >= 11 is 0. The molecule has 3 aliphatic heterocycles. The van der Waals surface area contributed by atoms with Crippen LogP contribution in [-0.2, 0) is 4.79 Å². The maximum atomic E-state index is 13.7. The van der Waals surface area contributed by atoms with Crippen LogP contribution in [0.1, 0.15) is 96.0 Å². The van der Waals surface area contributed by atoms with Crippen LogP contribution in [0.3, 0.4) is 0 Å². The molecule has 2 N–H and O–H groups in total. The van der Waals surface area contributed by atoms with Gasteiger partial charge < -0.3 is 25.3 Å². The van der Waals surface area contributed by atoms with Gasteiger partial charge in [-0.05, 0) is 96.6 Å². The molecule has 3 fully saturated rings. The number of urea groups is 1. The molecule has 1 saturated carbocycles. The number of amides is 3. The zero-order valence-electron chi connectivity index (χ0n) is 25.3. The highest BCUT2D eigenvalue weighted by Crippen LogP contribution is 2.34. The standard InChI is InChI=1S/C33H52N6O2/c1-2-20-39-29-16-8-7-15-28(29)30(26-13-5-3-6-14-26)35-31(32(39)40)36-33(41)34-19-9-12-21-37-24-17-27(18-25-37)38-22-10-4-11-23-38/h7-8,15-16,26-27,31H,2-6,9-14,17-25H2,1H3,(H2,34,36,41). The Labute approximate surface area is 247 Å². The van der Waals surface area contributed by atoms with E-state index in [4.69, 9.17) is 4.99 Å². The maximum Gasteiger partial charge on any atom is 0.316 e. The molecule has 1 aromatic rings. The molecule has 0 spiro atoms. The summed E-state index contributed by atoms with van der Waals surface area (Å²) in [6, 6.07) is 8.62. The van der Waals surface area contributed by atoms with Crippen molar-refractivity contribution in [1.29, 1.82) is 0 Å². The average Bonchev–Trinajstić information content (AvgIpc) is 3.13. The van der Waals surface area contributed by atoms with Crippen LogP contribution in [0.5, 0.6) is 0 Å². The fraction of sp³-hybridized carbons (Fsp3) is 0.727. The molecule has 1 aliphatic carbocycles. The molecule has 3 heterocycles. The van der Waals surface area contributed by atoms with Crippen molar-refractivity contribution < 1.29 is 9.59 Å². The molecule has 3 amide bonds. The number of para-hydroxylation sites is 1. The first-order valence-electron chi connectivity index (χ1n) is 16.6. The fourth-order valence-electron chi connectivity index (χ4n) is 7.33. The molecule has 0 radical (unpaired) electrons. The molecule has 226 valence electrons. The van der Waals surface area contributed by atoms with Crippen molar-refractivity contribution >= 4 is 23.3 Å². The van der Waals surface area contributed by atoms with E-state index in [1.165, 1.54) is 77.5 Å². The number of nitrogens with zero attached hydrogens (tertiary/aromatic N) is 4. The number of aliphatic imine (C=N–C) groups is 1. The van der Waals surface area contributed by atoms with Crippen LogP contribution in [0.25, 0.3) is 0 Å². The Morgan fingerprint density at radius 2 is 1.63 bits per heavy atom. The Kier molecular flexibility index (Phi) is 11.1. The maximum absolute atomic E-state index is 13.7. The van der Waals surface area contributed by atoms with Gasteiger partial charge in [-0.25, -0.2) is 4.79 Å². The molecule has 0 aromatic heterocycles. The number of fused-ring (bicyclic) bond motifs is 1. The molecule has 4 aliphatic rings. The molecule has 1 atom stereocenters. The number of piperidine rings is 2. The number of benzene rings is 1. The van der Waals surface area contributed by atoms with E-state index in [2.05, 4.69) is 33.4 Å². The highest BCUT2D eigenvalue weighted by atomic mass is 16.2. The lowest BCUT2D eigenvalue weighted by Gasteiger charge is -2.40. The first kappa shape index (κ1) is 30.0. The molecule has 8 heteroatoms. The summed E-state index contributed by atoms with van der Waals surface area (Å²) in [5, 5.41) is 5.94. The van der Waals surface area contributed by atoms with Gasteiger partial charge in [-0.3, -0.25) is 9.79 Å². The van der Waals surface area contributed by atoms with E-state index in [1.807, 2.05) is 23.1 Å². The topological polar surface area (TPSA) is 80.3 Å². The Bertz CT molecular complexity index is 1020. The van der Waals surface area contributed by atoms with Gasteiger partial charge in [-0.15, -0.1) is 0 Å². The second-order valence-corrected chi connectivity index (χ2v) is 12.5. The number of likely N-dealkylation sites (tertiary alicyclic amines) is 2. The van der Waals surface area contributed by atoms with E-state index < -0.39 is 6.17 Å². The van der Waals surface area contributed by atoms with E-state index >= 15 is 0 Å². The summed E-state index contributed by atoms with van der Waals surface area (Å²) in [6.45, 7) is 9.36. The molecular formula is C33H52N6O2. The molecular weight excluding hydrogens is 512 g/mol. The van der Waals surface area contributed by atoms with Crippen molar-refractivity contribution in [1.82, 2.24) is 20.4 Å². The zero-order chi connectivity index (χ0) is 28.4. The SMILES string of the molecule is CCCN1C(=O)C(NC(=O)NCCCCN2CCC(N3CCCCC3)CC2)N=C(C2CCCCC2)c2ccccc21. The number of hydrogen-bond donors (Lipinski definition) is 2. The third-order valence-corrected chi connectivity index (χ3v) is 9.60. The number of benzodiazepines with no additional fused rings is 1. The summed E-state index contributed by atoms with van der Waals surface area (Å²) in [5.74, 6) is 0.185. The normalized spacial score (nSPS) is 23.5. The second kappa shape index (κ2) is 15.1. The highest BCUT2D eigenvalue weighted by molar-refractivity contribution is 6.14. The first-order valence-corrected chi connectivity index (χ1v) is 16.6. The highest BCUT2D eigenvalue weighted by Gasteiger charge is 2.34. The molecule has 1 unspecified atom stereocenters. The average molecular weight is 565 g/mol. The number of hydrogen-bond acceptors (Lipinski definition) is 5.